The molecule has 26 heavy (non-hydrogen) atoms. The highest BCUT2D eigenvalue weighted by Gasteiger charge is 2.32. The lowest BCUT2D eigenvalue weighted by Gasteiger charge is -2.23. The van der Waals surface area contributed by atoms with Crippen LogP contribution in [0.15, 0.2) is 16.8 Å². The van der Waals surface area contributed by atoms with Crippen molar-refractivity contribution < 1.29 is 19.0 Å². The molecule has 1 N–H and O–H groups in total. The molecule has 1 aliphatic rings. The highest BCUT2D eigenvalue weighted by molar-refractivity contribution is 7.14. The van der Waals surface area contributed by atoms with Crippen LogP contribution in [-0.2, 0) is 16.0 Å². The molecule has 0 bridgehead atoms. The van der Waals surface area contributed by atoms with Crippen LogP contribution in [0.2, 0.25) is 0 Å². The van der Waals surface area contributed by atoms with Crippen molar-refractivity contribution in [1.82, 2.24) is 20.5 Å². The number of ether oxygens (including phenoxy) is 1. The van der Waals surface area contributed by atoms with Gasteiger partial charge in [-0.15, -0.1) is 11.3 Å². The summed E-state index contributed by atoms with van der Waals surface area (Å²) in [6, 6.07) is 3.76. The van der Waals surface area contributed by atoms with Crippen molar-refractivity contribution >= 4 is 23.2 Å². The van der Waals surface area contributed by atoms with Gasteiger partial charge in [0, 0.05) is 25.1 Å². The maximum absolute atomic E-state index is 12.7. The zero-order valence-corrected chi connectivity index (χ0v) is 15.7. The molecule has 9 heteroatoms. The van der Waals surface area contributed by atoms with Crippen LogP contribution in [0.1, 0.15) is 44.8 Å². The molecule has 0 aromatic carbocycles. The van der Waals surface area contributed by atoms with E-state index in [1.54, 1.807) is 14.0 Å². The number of hydrogen-bond donors (Lipinski definition) is 1. The fourth-order valence-electron chi connectivity index (χ4n) is 3.02. The summed E-state index contributed by atoms with van der Waals surface area (Å²) in [5.74, 6) is -0.107. The van der Waals surface area contributed by atoms with Gasteiger partial charge in [0.25, 0.3) is 5.91 Å². The minimum Gasteiger partial charge on any atom is -0.383 e. The first-order valence-corrected chi connectivity index (χ1v) is 9.36. The quantitative estimate of drug-likeness (QED) is 0.737. The van der Waals surface area contributed by atoms with E-state index in [1.807, 2.05) is 17.0 Å². The number of methoxy groups -OCH3 is 1. The number of hydrogen-bond acceptors (Lipinski definition) is 7. The molecular weight excluding hydrogens is 356 g/mol. The molecule has 1 aliphatic heterocycles. The molecule has 140 valence electrons. The zero-order chi connectivity index (χ0) is 18.5. The second kappa shape index (κ2) is 8.41. The number of carbonyl (C=O) groups excluding carboxylic acids is 2. The van der Waals surface area contributed by atoms with Crippen molar-refractivity contribution in [2.75, 3.05) is 26.8 Å². The maximum Gasteiger partial charge on any atom is 0.261 e. The Balaban J connectivity index is 1.65. The standard InChI is InChI=1S/C17H22N4O4S/c1-11-12(20-25-19-11)10-16(22)21-8-3-4-13(21)14-5-6-15(26-14)17(23)18-7-9-24-2/h5-6,13H,3-4,7-10H2,1-2H3,(H,18,23)/t13-/m0/s1. The van der Waals surface area contributed by atoms with Gasteiger partial charge in [0.05, 0.1) is 23.9 Å². The van der Waals surface area contributed by atoms with Crippen LogP contribution in [-0.4, -0.2) is 53.8 Å². The summed E-state index contributed by atoms with van der Waals surface area (Å²) in [7, 11) is 1.59. The highest BCUT2D eigenvalue weighted by atomic mass is 32.1. The largest absolute Gasteiger partial charge is 0.383 e. The molecule has 2 aromatic heterocycles. The Hall–Kier alpha value is -2.26. The molecular formula is C17H22N4O4S. The van der Waals surface area contributed by atoms with Crippen LogP contribution >= 0.6 is 11.3 Å². The van der Waals surface area contributed by atoms with Crippen LogP contribution in [0.4, 0.5) is 0 Å². The Morgan fingerprint density at radius 1 is 1.42 bits per heavy atom. The molecule has 8 nitrogen and oxygen atoms in total. The Morgan fingerprint density at radius 2 is 2.27 bits per heavy atom. The first kappa shape index (κ1) is 18.5. The van der Waals surface area contributed by atoms with Gasteiger partial charge in [0.15, 0.2) is 0 Å². The van der Waals surface area contributed by atoms with Crippen molar-refractivity contribution in [2.45, 2.75) is 32.2 Å². The lowest BCUT2D eigenvalue weighted by molar-refractivity contribution is -0.131. The number of aromatic nitrogens is 2. The second-order valence-corrected chi connectivity index (χ2v) is 7.28. The minimum atomic E-state index is -0.113. The van der Waals surface area contributed by atoms with Gasteiger partial charge in [-0.3, -0.25) is 9.59 Å². The van der Waals surface area contributed by atoms with Gasteiger partial charge in [-0.25, -0.2) is 4.63 Å². The fourth-order valence-corrected chi connectivity index (χ4v) is 4.10. The van der Waals surface area contributed by atoms with Gasteiger partial charge in [-0.05, 0) is 31.9 Å². The summed E-state index contributed by atoms with van der Waals surface area (Å²) >= 11 is 1.44. The van der Waals surface area contributed by atoms with E-state index in [4.69, 9.17) is 4.74 Å². The third-order valence-electron chi connectivity index (χ3n) is 4.41. The molecule has 2 amide bonds. The van der Waals surface area contributed by atoms with Crippen LogP contribution in [0, 0.1) is 6.92 Å². The number of nitrogens with one attached hydrogen (secondary N) is 1. The normalized spacial score (nSPS) is 16.8. The number of thiophene rings is 1. The smallest absolute Gasteiger partial charge is 0.261 e. The first-order chi connectivity index (χ1) is 12.6. The summed E-state index contributed by atoms with van der Waals surface area (Å²) < 4.78 is 9.60. The van der Waals surface area contributed by atoms with Gasteiger partial charge < -0.3 is 15.0 Å². The number of nitrogens with zero attached hydrogens (tertiary/aromatic N) is 3. The Bertz CT molecular complexity index is 772. The fraction of sp³-hybridized carbons (Fsp3) is 0.529. The summed E-state index contributed by atoms with van der Waals surface area (Å²) in [4.78, 5) is 28.4. The van der Waals surface area contributed by atoms with E-state index in [1.165, 1.54) is 11.3 Å². The van der Waals surface area contributed by atoms with Crippen LogP contribution in [0.5, 0.6) is 0 Å². The third kappa shape index (κ3) is 4.10. The Labute approximate surface area is 155 Å². The average molecular weight is 378 g/mol. The summed E-state index contributed by atoms with van der Waals surface area (Å²) in [5, 5.41) is 10.3. The molecule has 1 fully saturated rings. The van der Waals surface area contributed by atoms with Crippen molar-refractivity contribution in [3.63, 3.8) is 0 Å². The first-order valence-electron chi connectivity index (χ1n) is 8.54. The van der Waals surface area contributed by atoms with Crippen molar-refractivity contribution in [1.29, 1.82) is 0 Å². The monoisotopic (exact) mass is 378 g/mol. The number of amides is 2. The Kier molecular flexibility index (Phi) is 6.00. The van der Waals surface area contributed by atoms with Crippen molar-refractivity contribution in [2.24, 2.45) is 0 Å². The van der Waals surface area contributed by atoms with E-state index >= 15 is 0 Å². The molecule has 0 saturated carbocycles. The van der Waals surface area contributed by atoms with Gasteiger partial charge >= 0.3 is 0 Å². The molecule has 0 radical (unpaired) electrons. The number of rotatable bonds is 7. The number of likely N-dealkylation sites (tertiary alicyclic amines) is 1. The lowest BCUT2D eigenvalue weighted by atomic mass is 10.1. The molecule has 1 atom stereocenters. The van der Waals surface area contributed by atoms with E-state index in [2.05, 4.69) is 20.3 Å². The van der Waals surface area contributed by atoms with E-state index in [0.29, 0.717) is 36.0 Å². The van der Waals surface area contributed by atoms with Crippen molar-refractivity contribution in [3.8, 4) is 0 Å². The summed E-state index contributed by atoms with van der Waals surface area (Å²) in [6.07, 6.45) is 2.02. The molecule has 3 rings (SSSR count). The van der Waals surface area contributed by atoms with E-state index in [-0.39, 0.29) is 24.3 Å². The van der Waals surface area contributed by atoms with Crippen molar-refractivity contribution in [3.05, 3.63) is 33.3 Å². The number of carbonyl (C=O) groups is 2. The van der Waals surface area contributed by atoms with Gasteiger partial charge in [0.1, 0.15) is 11.4 Å². The molecule has 0 spiro atoms. The van der Waals surface area contributed by atoms with Crippen LogP contribution in [0.25, 0.3) is 0 Å². The van der Waals surface area contributed by atoms with E-state index in [9.17, 15) is 9.59 Å². The molecule has 3 heterocycles. The molecule has 0 aliphatic carbocycles. The predicted molar refractivity (Wildman–Crippen MR) is 95.0 cm³/mol. The number of aryl methyl sites for hydroxylation is 1. The maximum atomic E-state index is 12.7. The topological polar surface area (TPSA) is 97.6 Å². The summed E-state index contributed by atoms with van der Waals surface area (Å²) in [5.41, 5.74) is 1.21. The second-order valence-electron chi connectivity index (χ2n) is 6.17. The third-order valence-corrected chi connectivity index (χ3v) is 5.59. The highest BCUT2D eigenvalue weighted by Crippen LogP contribution is 2.36. The molecule has 0 unspecified atom stereocenters. The van der Waals surface area contributed by atoms with Gasteiger partial charge in [-0.2, -0.15) is 0 Å². The van der Waals surface area contributed by atoms with Gasteiger partial charge in [-0.1, -0.05) is 10.3 Å². The minimum absolute atomic E-state index is 0.00537. The van der Waals surface area contributed by atoms with Crippen LogP contribution < -0.4 is 5.32 Å². The molecule has 2 aromatic rings. The SMILES string of the molecule is COCCNC(=O)c1ccc([C@@H]2CCCN2C(=O)Cc2nonc2C)s1. The zero-order valence-electron chi connectivity index (χ0n) is 14.9. The molecule has 1 saturated heterocycles. The average Bonchev–Trinajstić information content (AvgIpc) is 3.35. The Morgan fingerprint density at radius 3 is 3.00 bits per heavy atom. The lowest BCUT2D eigenvalue weighted by Crippen LogP contribution is -2.31. The van der Waals surface area contributed by atoms with Crippen LogP contribution in [0.3, 0.4) is 0 Å². The summed E-state index contributed by atoms with van der Waals surface area (Å²) in [6.45, 7) is 3.43. The van der Waals surface area contributed by atoms with E-state index < -0.39 is 0 Å². The predicted octanol–water partition coefficient (Wildman–Crippen LogP) is 1.72. The van der Waals surface area contributed by atoms with Gasteiger partial charge in [0.2, 0.25) is 5.91 Å². The van der Waals surface area contributed by atoms with E-state index in [0.717, 1.165) is 17.7 Å².